The lowest BCUT2D eigenvalue weighted by Crippen LogP contribution is -2.41. The molecule has 1 aromatic rings. The van der Waals surface area contributed by atoms with E-state index in [4.69, 9.17) is 9.31 Å². The highest BCUT2D eigenvalue weighted by Gasteiger charge is 2.51. The summed E-state index contributed by atoms with van der Waals surface area (Å²) in [6, 6.07) is 5.98. The third kappa shape index (κ3) is 2.40. The van der Waals surface area contributed by atoms with Crippen LogP contribution < -0.4 is 10.6 Å². The first-order valence-corrected chi connectivity index (χ1v) is 7.07. The van der Waals surface area contributed by atoms with Gasteiger partial charge < -0.3 is 14.1 Å². The Balaban J connectivity index is 2.32. The zero-order valence-electron chi connectivity index (χ0n) is 11.6. The Labute approximate surface area is 112 Å². The molecule has 0 saturated carbocycles. The molecule has 0 unspecified atom stereocenters. The fourth-order valence-electron chi connectivity index (χ4n) is 1.99. The van der Waals surface area contributed by atoms with Crippen LogP contribution in [0.4, 0.5) is 0 Å². The van der Waals surface area contributed by atoms with Crippen LogP contribution in [-0.4, -0.2) is 32.9 Å². The van der Waals surface area contributed by atoms with Crippen molar-refractivity contribution >= 4 is 27.5 Å². The highest BCUT2D eigenvalue weighted by atomic mass is 28.2. The van der Waals surface area contributed by atoms with E-state index in [1.54, 1.807) is 0 Å². The van der Waals surface area contributed by atoms with Crippen LogP contribution in [0.2, 0.25) is 0 Å². The largest absolute Gasteiger partial charge is 0.494 e. The first-order valence-electron chi connectivity index (χ1n) is 6.12. The van der Waals surface area contributed by atoms with Crippen molar-refractivity contribution in [1.29, 1.82) is 0 Å². The van der Waals surface area contributed by atoms with E-state index in [2.05, 4.69) is 0 Å². The van der Waals surface area contributed by atoms with Crippen molar-refractivity contribution in [1.82, 2.24) is 0 Å². The standard InChI is InChI=1S/C13H19BO3Si/c1-9-6-10(8-11(7-9)18-15)14-16-12(2,3)13(4,5)17-14/h6-8,15H,1-5H3. The van der Waals surface area contributed by atoms with Crippen molar-refractivity contribution in [3.05, 3.63) is 23.8 Å². The molecule has 1 fully saturated rings. The van der Waals surface area contributed by atoms with Crippen LogP contribution in [0.25, 0.3) is 0 Å². The normalized spacial score (nSPS) is 21.3. The molecule has 0 aliphatic carbocycles. The molecule has 3 nitrogen and oxygen atoms in total. The van der Waals surface area contributed by atoms with Gasteiger partial charge in [-0.3, -0.25) is 0 Å². The van der Waals surface area contributed by atoms with Crippen molar-refractivity contribution in [3.63, 3.8) is 0 Å². The molecule has 0 amide bonds. The molecule has 1 aliphatic rings. The first kappa shape index (κ1) is 13.8. The highest BCUT2D eigenvalue weighted by molar-refractivity contribution is 6.63. The number of hydrogen-bond donors (Lipinski definition) is 1. The van der Waals surface area contributed by atoms with E-state index in [0.29, 0.717) is 0 Å². The summed E-state index contributed by atoms with van der Waals surface area (Å²) >= 11 is 0. The van der Waals surface area contributed by atoms with Crippen LogP contribution in [-0.2, 0) is 9.31 Å². The minimum Gasteiger partial charge on any atom is -0.428 e. The van der Waals surface area contributed by atoms with Gasteiger partial charge in [0.25, 0.3) is 9.76 Å². The SMILES string of the molecule is Cc1cc([Si]O)cc(B2OC(C)(C)C(C)(C)O2)c1. The summed E-state index contributed by atoms with van der Waals surface area (Å²) in [5, 5.41) is 0.916. The molecule has 2 radical (unpaired) electrons. The quantitative estimate of drug-likeness (QED) is 0.790. The lowest BCUT2D eigenvalue weighted by molar-refractivity contribution is 0.00578. The second kappa shape index (κ2) is 4.49. The van der Waals surface area contributed by atoms with Gasteiger partial charge in [-0.05, 0) is 45.3 Å². The van der Waals surface area contributed by atoms with Crippen molar-refractivity contribution < 1.29 is 14.1 Å². The fraction of sp³-hybridized carbons (Fsp3) is 0.538. The van der Waals surface area contributed by atoms with E-state index in [1.807, 2.05) is 52.8 Å². The van der Waals surface area contributed by atoms with Crippen LogP contribution in [0.15, 0.2) is 18.2 Å². The van der Waals surface area contributed by atoms with E-state index in [1.165, 1.54) is 0 Å². The lowest BCUT2D eigenvalue weighted by atomic mass is 9.78. The Morgan fingerprint density at radius 1 is 1.06 bits per heavy atom. The topological polar surface area (TPSA) is 38.7 Å². The first-order chi connectivity index (χ1) is 8.25. The smallest absolute Gasteiger partial charge is 0.428 e. The molecule has 96 valence electrons. The average Bonchev–Trinajstić information content (AvgIpc) is 2.47. The summed E-state index contributed by atoms with van der Waals surface area (Å²) in [6.07, 6.45) is 0. The molecule has 0 spiro atoms. The van der Waals surface area contributed by atoms with Gasteiger partial charge in [-0.15, -0.1) is 0 Å². The Bertz CT molecular complexity index is 444. The third-order valence-corrected chi connectivity index (χ3v) is 4.30. The summed E-state index contributed by atoms with van der Waals surface area (Å²) in [5.41, 5.74) is 1.43. The predicted octanol–water partition coefficient (Wildman–Crippen LogP) is 0.531. The molecular formula is C13H19BO3Si. The fourth-order valence-corrected chi connectivity index (χ4v) is 2.52. The molecule has 0 atom stereocenters. The van der Waals surface area contributed by atoms with Crippen molar-refractivity contribution in [2.75, 3.05) is 0 Å². The second-order valence-electron chi connectivity index (χ2n) is 5.83. The van der Waals surface area contributed by atoms with Gasteiger partial charge in [-0.2, -0.15) is 0 Å². The minimum absolute atomic E-state index is 0.200. The number of rotatable bonds is 2. The number of benzene rings is 1. The number of hydrogen-bond acceptors (Lipinski definition) is 3. The summed E-state index contributed by atoms with van der Waals surface area (Å²) in [6.45, 7) is 10.2. The van der Waals surface area contributed by atoms with Crippen LogP contribution in [0, 0.1) is 6.92 Å². The molecule has 1 aromatic carbocycles. The van der Waals surface area contributed by atoms with Crippen LogP contribution in [0.5, 0.6) is 0 Å². The molecule has 2 rings (SSSR count). The molecule has 5 heteroatoms. The third-order valence-electron chi connectivity index (χ3n) is 3.75. The van der Waals surface area contributed by atoms with Gasteiger partial charge in [0, 0.05) is 0 Å². The molecule has 1 aliphatic heterocycles. The maximum Gasteiger partial charge on any atom is 0.494 e. The Kier molecular flexibility index (Phi) is 3.44. The second-order valence-corrected chi connectivity index (χ2v) is 6.63. The summed E-state index contributed by atoms with van der Waals surface area (Å²) in [4.78, 5) is 9.28. The Morgan fingerprint density at radius 3 is 2.11 bits per heavy atom. The maximum atomic E-state index is 9.28. The van der Waals surface area contributed by atoms with Gasteiger partial charge in [0.15, 0.2) is 0 Å². The van der Waals surface area contributed by atoms with Crippen molar-refractivity contribution in [2.24, 2.45) is 0 Å². The molecule has 1 saturated heterocycles. The lowest BCUT2D eigenvalue weighted by Gasteiger charge is -2.32. The Hall–Kier alpha value is -0.618. The van der Waals surface area contributed by atoms with Gasteiger partial charge in [0.2, 0.25) is 0 Å². The summed E-state index contributed by atoms with van der Waals surface area (Å²) < 4.78 is 12.0. The van der Waals surface area contributed by atoms with Crippen molar-refractivity contribution in [3.8, 4) is 0 Å². The van der Waals surface area contributed by atoms with Gasteiger partial charge >= 0.3 is 7.12 Å². The molecule has 18 heavy (non-hydrogen) atoms. The van der Waals surface area contributed by atoms with Gasteiger partial charge in [-0.1, -0.05) is 23.8 Å². The summed E-state index contributed by atoms with van der Waals surface area (Å²) in [5.74, 6) is 0. The van der Waals surface area contributed by atoms with E-state index in [9.17, 15) is 4.80 Å². The van der Waals surface area contributed by atoms with Crippen LogP contribution in [0.1, 0.15) is 33.3 Å². The van der Waals surface area contributed by atoms with Gasteiger partial charge in [-0.25, -0.2) is 0 Å². The molecule has 1 heterocycles. The van der Waals surface area contributed by atoms with Crippen molar-refractivity contribution in [2.45, 2.75) is 45.8 Å². The van der Waals surface area contributed by atoms with E-state index in [-0.39, 0.29) is 28.1 Å². The average molecular weight is 262 g/mol. The zero-order chi connectivity index (χ0) is 13.6. The van der Waals surface area contributed by atoms with E-state index < -0.39 is 0 Å². The zero-order valence-corrected chi connectivity index (χ0v) is 12.6. The van der Waals surface area contributed by atoms with Crippen LogP contribution >= 0.6 is 0 Å². The highest BCUT2D eigenvalue weighted by Crippen LogP contribution is 2.36. The Morgan fingerprint density at radius 2 is 1.61 bits per heavy atom. The molecule has 0 aromatic heterocycles. The van der Waals surface area contributed by atoms with E-state index >= 15 is 0 Å². The monoisotopic (exact) mass is 262 g/mol. The maximum absolute atomic E-state index is 9.28. The molecular weight excluding hydrogens is 243 g/mol. The van der Waals surface area contributed by atoms with E-state index in [0.717, 1.165) is 16.2 Å². The van der Waals surface area contributed by atoms with Gasteiger partial charge in [0.05, 0.1) is 11.2 Å². The van der Waals surface area contributed by atoms with Crippen LogP contribution in [0.3, 0.4) is 0 Å². The molecule has 0 bridgehead atoms. The number of aryl methyl sites for hydroxylation is 1. The predicted molar refractivity (Wildman–Crippen MR) is 74.5 cm³/mol. The van der Waals surface area contributed by atoms with Gasteiger partial charge in [0.1, 0.15) is 0 Å². The molecule has 1 N–H and O–H groups in total. The minimum atomic E-state index is -0.356. The summed E-state index contributed by atoms with van der Waals surface area (Å²) in [7, 11) is -0.557.